The molecule has 0 heterocycles. The first-order valence-electron chi connectivity index (χ1n) is 4.95. The highest BCUT2D eigenvalue weighted by molar-refractivity contribution is 6.30. The Kier molecular flexibility index (Phi) is 3.75. The van der Waals surface area contributed by atoms with Crippen LogP contribution in [0.2, 0.25) is 5.02 Å². The van der Waals surface area contributed by atoms with Gasteiger partial charge in [0, 0.05) is 11.4 Å². The first kappa shape index (κ1) is 12.1. The minimum atomic E-state index is -0.122. The fourth-order valence-electron chi connectivity index (χ4n) is 1.33. The van der Waals surface area contributed by atoms with Gasteiger partial charge in [0.15, 0.2) is 0 Å². The van der Waals surface area contributed by atoms with Gasteiger partial charge in [0.05, 0.1) is 11.4 Å². The van der Waals surface area contributed by atoms with Gasteiger partial charge >= 0.3 is 0 Å². The van der Waals surface area contributed by atoms with E-state index >= 15 is 0 Å². The Morgan fingerprint density at radius 2 is 2.07 bits per heavy atom. The van der Waals surface area contributed by atoms with Gasteiger partial charge in [-0.05, 0) is 38.5 Å². The van der Waals surface area contributed by atoms with Crippen LogP contribution in [0.5, 0.6) is 0 Å². The molecule has 0 saturated carbocycles. The fraction of sp³-hybridized carbons (Fsp3) is 0.417. The third-order valence-corrected chi connectivity index (χ3v) is 1.99. The average molecular weight is 225 g/mol. The molecule has 0 saturated heterocycles. The molecule has 15 heavy (non-hydrogen) atoms. The fourth-order valence-corrected chi connectivity index (χ4v) is 1.54. The molecule has 0 aliphatic rings. The van der Waals surface area contributed by atoms with Crippen LogP contribution in [0.4, 0.5) is 0 Å². The van der Waals surface area contributed by atoms with E-state index in [2.05, 4.69) is 4.99 Å². The van der Waals surface area contributed by atoms with Crippen molar-refractivity contribution in [1.82, 2.24) is 0 Å². The topological polar surface area (TPSA) is 38.4 Å². The maximum atomic E-state index is 5.88. The lowest BCUT2D eigenvalue weighted by Crippen LogP contribution is -2.22. The zero-order chi connectivity index (χ0) is 11.5. The molecule has 0 aromatic heterocycles. The number of amidine groups is 1. The minimum absolute atomic E-state index is 0.122. The average Bonchev–Trinajstić information content (AvgIpc) is 1.99. The summed E-state index contributed by atoms with van der Waals surface area (Å²) in [6.45, 7) is 6.08. The quantitative estimate of drug-likeness (QED) is 0.609. The molecular formula is C12H17ClN2. The van der Waals surface area contributed by atoms with Crippen LogP contribution in [0, 0.1) is 0 Å². The highest BCUT2D eigenvalue weighted by Gasteiger charge is 2.08. The third kappa shape index (κ3) is 4.84. The van der Waals surface area contributed by atoms with E-state index in [9.17, 15) is 0 Å². The molecule has 2 N–H and O–H groups in total. The molecule has 0 spiro atoms. The summed E-state index contributed by atoms with van der Waals surface area (Å²) in [5.41, 5.74) is 6.82. The van der Waals surface area contributed by atoms with Crippen LogP contribution in [0.1, 0.15) is 26.3 Å². The van der Waals surface area contributed by atoms with Crippen LogP contribution >= 0.6 is 11.6 Å². The summed E-state index contributed by atoms with van der Waals surface area (Å²) >= 11 is 5.88. The lowest BCUT2D eigenvalue weighted by Gasteiger charge is -2.13. The maximum absolute atomic E-state index is 5.88. The number of aliphatic imine (C=N–C) groups is 1. The van der Waals surface area contributed by atoms with Gasteiger partial charge in [0.1, 0.15) is 0 Å². The monoisotopic (exact) mass is 224 g/mol. The van der Waals surface area contributed by atoms with Gasteiger partial charge in [-0.1, -0.05) is 23.7 Å². The Hall–Kier alpha value is -1.02. The molecular weight excluding hydrogens is 208 g/mol. The molecule has 82 valence electrons. The van der Waals surface area contributed by atoms with Crippen molar-refractivity contribution in [2.75, 3.05) is 0 Å². The number of benzene rings is 1. The smallest absolute Gasteiger partial charge is 0.0988 e. The summed E-state index contributed by atoms with van der Waals surface area (Å²) in [5.74, 6) is 0.643. The number of hydrogen-bond acceptors (Lipinski definition) is 1. The standard InChI is InChI=1S/C12H17ClN2/c1-12(2,3)15-11(14)8-9-5-4-6-10(13)7-9/h4-7H,8H2,1-3H3,(H2,14,15). The van der Waals surface area contributed by atoms with E-state index in [1.807, 2.05) is 45.0 Å². The molecule has 0 aliphatic heterocycles. The number of rotatable bonds is 2. The molecule has 1 aromatic carbocycles. The van der Waals surface area contributed by atoms with Gasteiger partial charge in [0.2, 0.25) is 0 Å². The van der Waals surface area contributed by atoms with E-state index in [1.54, 1.807) is 0 Å². The lowest BCUT2D eigenvalue weighted by atomic mass is 10.1. The van der Waals surface area contributed by atoms with E-state index in [0.717, 1.165) is 10.6 Å². The Balaban J connectivity index is 2.75. The molecule has 0 aliphatic carbocycles. The van der Waals surface area contributed by atoms with Crippen molar-refractivity contribution in [1.29, 1.82) is 0 Å². The van der Waals surface area contributed by atoms with Crippen molar-refractivity contribution in [2.45, 2.75) is 32.7 Å². The predicted octanol–water partition coefficient (Wildman–Crippen LogP) is 3.04. The molecule has 0 amide bonds. The summed E-state index contributed by atoms with van der Waals surface area (Å²) in [4.78, 5) is 4.39. The third-order valence-electron chi connectivity index (χ3n) is 1.75. The van der Waals surface area contributed by atoms with Gasteiger partial charge < -0.3 is 5.73 Å². The number of halogens is 1. The highest BCUT2D eigenvalue weighted by atomic mass is 35.5. The maximum Gasteiger partial charge on any atom is 0.0988 e. The van der Waals surface area contributed by atoms with Crippen molar-refractivity contribution in [3.05, 3.63) is 34.9 Å². The van der Waals surface area contributed by atoms with Crippen molar-refractivity contribution in [3.8, 4) is 0 Å². The molecule has 0 radical (unpaired) electrons. The van der Waals surface area contributed by atoms with E-state index in [1.165, 1.54) is 0 Å². The second-order valence-corrected chi connectivity index (χ2v) is 5.02. The molecule has 0 atom stereocenters. The second-order valence-electron chi connectivity index (χ2n) is 4.58. The molecule has 0 fully saturated rings. The molecule has 3 heteroatoms. The molecule has 0 unspecified atom stereocenters. The highest BCUT2D eigenvalue weighted by Crippen LogP contribution is 2.12. The molecule has 1 aromatic rings. The van der Waals surface area contributed by atoms with Crippen molar-refractivity contribution >= 4 is 17.4 Å². The van der Waals surface area contributed by atoms with Crippen LogP contribution in [-0.4, -0.2) is 11.4 Å². The van der Waals surface area contributed by atoms with Crippen LogP contribution in [-0.2, 0) is 6.42 Å². The lowest BCUT2D eigenvalue weighted by molar-refractivity contribution is 0.581. The van der Waals surface area contributed by atoms with E-state index in [4.69, 9.17) is 17.3 Å². The first-order chi connectivity index (χ1) is 6.87. The zero-order valence-electron chi connectivity index (χ0n) is 9.42. The molecule has 0 bridgehead atoms. The number of nitrogens with zero attached hydrogens (tertiary/aromatic N) is 1. The summed E-state index contributed by atoms with van der Waals surface area (Å²) in [5, 5.41) is 0.732. The van der Waals surface area contributed by atoms with Crippen LogP contribution in [0.15, 0.2) is 29.3 Å². The Labute approximate surface area is 96.2 Å². The van der Waals surface area contributed by atoms with Gasteiger partial charge in [-0.3, -0.25) is 4.99 Å². The van der Waals surface area contributed by atoms with Crippen molar-refractivity contribution in [2.24, 2.45) is 10.7 Å². The van der Waals surface area contributed by atoms with Gasteiger partial charge in [-0.15, -0.1) is 0 Å². The summed E-state index contributed by atoms with van der Waals surface area (Å²) in [6.07, 6.45) is 0.651. The Morgan fingerprint density at radius 3 is 2.60 bits per heavy atom. The van der Waals surface area contributed by atoms with Gasteiger partial charge in [-0.25, -0.2) is 0 Å². The van der Waals surface area contributed by atoms with Crippen molar-refractivity contribution < 1.29 is 0 Å². The Morgan fingerprint density at radius 1 is 1.40 bits per heavy atom. The predicted molar refractivity (Wildman–Crippen MR) is 66.5 cm³/mol. The second kappa shape index (κ2) is 4.67. The zero-order valence-corrected chi connectivity index (χ0v) is 10.2. The van der Waals surface area contributed by atoms with E-state index in [0.29, 0.717) is 12.3 Å². The minimum Gasteiger partial charge on any atom is -0.387 e. The molecule has 1 rings (SSSR count). The largest absolute Gasteiger partial charge is 0.387 e. The summed E-state index contributed by atoms with van der Waals surface area (Å²) in [6, 6.07) is 7.67. The van der Waals surface area contributed by atoms with E-state index < -0.39 is 0 Å². The van der Waals surface area contributed by atoms with Gasteiger partial charge in [-0.2, -0.15) is 0 Å². The van der Waals surface area contributed by atoms with E-state index in [-0.39, 0.29) is 5.54 Å². The summed E-state index contributed by atoms with van der Waals surface area (Å²) < 4.78 is 0. The first-order valence-corrected chi connectivity index (χ1v) is 5.33. The Bertz CT molecular complexity index is 364. The number of nitrogens with two attached hydrogens (primary N) is 1. The van der Waals surface area contributed by atoms with Crippen LogP contribution in [0.25, 0.3) is 0 Å². The normalized spacial score (nSPS) is 12.9. The van der Waals surface area contributed by atoms with Crippen molar-refractivity contribution in [3.63, 3.8) is 0 Å². The van der Waals surface area contributed by atoms with Crippen LogP contribution < -0.4 is 5.73 Å². The number of hydrogen-bond donors (Lipinski definition) is 1. The summed E-state index contributed by atoms with van der Waals surface area (Å²) in [7, 11) is 0. The molecule has 2 nitrogen and oxygen atoms in total. The van der Waals surface area contributed by atoms with Crippen LogP contribution in [0.3, 0.4) is 0 Å². The SMILES string of the molecule is CC(C)(C)N=C(N)Cc1cccc(Cl)c1. The van der Waals surface area contributed by atoms with Gasteiger partial charge in [0.25, 0.3) is 0 Å².